The maximum Gasteiger partial charge on any atom is 0.163 e. The van der Waals surface area contributed by atoms with E-state index in [4.69, 9.17) is 9.97 Å². The first-order chi connectivity index (χ1) is 16.3. The van der Waals surface area contributed by atoms with E-state index in [1.54, 1.807) is 12.4 Å². The molecule has 162 valence electrons. The lowest BCUT2D eigenvalue weighted by atomic mass is 9.99. The molecule has 3 heterocycles. The molecular weight excluding hydrogens is 406 g/mol. The Labute approximate surface area is 193 Å². The molecule has 0 aliphatic rings. The first-order valence-electron chi connectivity index (χ1n) is 11.2. The minimum absolute atomic E-state index is 0.670. The molecule has 0 amide bonds. The highest BCUT2D eigenvalue weighted by Crippen LogP contribution is 2.29. The van der Waals surface area contributed by atoms with Gasteiger partial charge >= 0.3 is 0 Å². The Hall–Kier alpha value is -4.12. The van der Waals surface area contributed by atoms with Gasteiger partial charge in [0.1, 0.15) is 5.82 Å². The predicted octanol–water partition coefficient (Wildman–Crippen LogP) is 5.97. The molecule has 5 rings (SSSR count). The Morgan fingerprint density at radius 1 is 0.697 bits per heavy atom. The number of aryl methyl sites for hydroxylation is 2. The number of nitrogens with zero attached hydrogens (tertiary/aromatic N) is 4. The normalized spacial score (nSPS) is 10.9. The Morgan fingerprint density at radius 2 is 1.45 bits per heavy atom. The van der Waals surface area contributed by atoms with Crippen LogP contribution in [0.4, 0.5) is 5.82 Å². The fourth-order valence-electron chi connectivity index (χ4n) is 4.03. The zero-order chi connectivity index (χ0) is 22.5. The van der Waals surface area contributed by atoms with Gasteiger partial charge < -0.3 is 5.32 Å². The summed E-state index contributed by atoms with van der Waals surface area (Å²) in [6.45, 7) is 0. The first kappa shape index (κ1) is 20.8. The highest BCUT2D eigenvalue weighted by molar-refractivity contribution is 5.93. The average Bonchev–Trinajstić information content (AvgIpc) is 2.89. The van der Waals surface area contributed by atoms with E-state index in [0.717, 1.165) is 47.1 Å². The van der Waals surface area contributed by atoms with Crippen LogP contribution in [0.3, 0.4) is 0 Å². The van der Waals surface area contributed by atoms with Crippen molar-refractivity contribution in [1.29, 1.82) is 0 Å². The van der Waals surface area contributed by atoms with Gasteiger partial charge in [-0.3, -0.25) is 9.97 Å². The van der Waals surface area contributed by atoms with Crippen LogP contribution in [0.15, 0.2) is 91.5 Å². The van der Waals surface area contributed by atoms with Gasteiger partial charge in [0.15, 0.2) is 5.82 Å². The monoisotopic (exact) mass is 431 g/mol. The summed E-state index contributed by atoms with van der Waals surface area (Å²) in [4.78, 5) is 17.9. The summed E-state index contributed by atoms with van der Waals surface area (Å²) >= 11 is 0. The Morgan fingerprint density at radius 3 is 2.18 bits per heavy atom. The second-order valence-electron chi connectivity index (χ2n) is 8.03. The van der Waals surface area contributed by atoms with Crippen molar-refractivity contribution in [3.05, 3.63) is 103 Å². The lowest BCUT2D eigenvalue weighted by Gasteiger charge is -2.10. The molecule has 5 nitrogen and oxygen atoms in total. The third-order valence-corrected chi connectivity index (χ3v) is 5.79. The molecule has 0 saturated heterocycles. The van der Waals surface area contributed by atoms with Crippen molar-refractivity contribution in [2.45, 2.75) is 19.3 Å². The number of hydrogen-bond donors (Lipinski definition) is 1. The van der Waals surface area contributed by atoms with Crippen molar-refractivity contribution in [3.8, 4) is 22.5 Å². The molecule has 0 aliphatic heterocycles. The molecule has 0 aliphatic carbocycles. The molecule has 5 aromatic rings. The van der Waals surface area contributed by atoms with Crippen LogP contribution in [0.25, 0.3) is 33.4 Å². The van der Waals surface area contributed by atoms with Crippen molar-refractivity contribution in [2.24, 2.45) is 0 Å². The van der Waals surface area contributed by atoms with Gasteiger partial charge in [0.2, 0.25) is 0 Å². The van der Waals surface area contributed by atoms with E-state index in [1.807, 2.05) is 37.6 Å². The van der Waals surface area contributed by atoms with Crippen LogP contribution < -0.4 is 5.32 Å². The van der Waals surface area contributed by atoms with Crippen LogP contribution in [0.5, 0.6) is 0 Å². The Kier molecular flexibility index (Phi) is 6.02. The highest BCUT2D eigenvalue weighted by atomic mass is 15.0. The number of aromatic nitrogens is 4. The van der Waals surface area contributed by atoms with Crippen LogP contribution >= 0.6 is 0 Å². The summed E-state index contributed by atoms with van der Waals surface area (Å²) in [6.07, 6.45) is 10.5. The zero-order valence-electron chi connectivity index (χ0n) is 18.6. The predicted molar refractivity (Wildman–Crippen MR) is 134 cm³/mol. The second-order valence-corrected chi connectivity index (χ2v) is 8.03. The molecule has 0 radical (unpaired) electrons. The molecule has 2 aromatic carbocycles. The number of hydrogen-bond acceptors (Lipinski definition) is 5. The van der Waals surface area contributed by atoms with Gasteiger partial charge in [-0.1, -0.05) is 36.4 Å². The maximum absolute atomic E-state index is 4.77. The van der Waals surface area contributed by atoms with Crippen LogP contribution in [0, 0.1) is 0 Å². The smallest absolute Gasteiger partial charge is 0.163 e. The number of nitrogens with one attached hydrogen (secondary N) is 1. The quantitative estimate of drug-likeness (QED) is 0.344. The van der Waals surface area contributed by atoms with Crippen molar-refractivity contribution in [2.75, 3.05) is 12.4 Å². The molecule has 3 aromatic heterocycles. The van der Waals surface area contributed by atoms with Crippen LogP contribution in [0.1, 0.15) is 17.5 Å². The molecule has 0 atom stereocenters. The number of pyridine rings is 2. The Balaban J connectivity index is 1.36. The first-order valence-corrected chi connectivity index (χ1v) is 11.2. The standard InChI is InChI=1S/C28H25N5/c1-29-28-25-17-23(13-14-26(25)32-27(33-28)24-8-4-16-31-19-24)22-11-9-20(10-12-22)5-2-6-21-7-3-15-30-18-21/h3-4,7-19H,2,5-6H2,1H3,(H,29,32,33). The minimum Gasteiger partial charge on any atom is -0.373 e. The maximum atomic E-state index is 4.77. The molecule has 1 N–H and O–H groups in total. The summed E-state index contributed by atoms with van der Waals surface area (Å²) in [5, 5.41) is 4.23. The van der Waals surface area contributed by atoms with Gasteiger partial charge in [0.25, 0.3) is 0 Å². The zero-order valence-corrected chi connectivity index (χ0v) is 18.6. The van der Waals surface area contributed by atoms with Crippen molar-refractivity contribution < 1.29 is 0 Å². The van der Waals surface area contributed by atoms with E-state index in [-0.39, 0.29) is 0 Å². The van der Waals surface area contributed by atoms with E-state index in [1.165, 1.54) is 16.7 Å². The van der Waals surface area contributed by atoms with Crippen molar-refractivity contribution in [3.63, 3.8) is 0 Å². The van der Waals surface area contributed by atoms with Crippen LogP contribution in [-0.2, 0) is 12.8 Å². The molecule has 0 saturated carbocycles. The van der Waals surface area contributed by atoms with Gasteiger partial charge in [-0.25, -0.2) is 9.97 Å². The van der Waals surface area contributed by atoms with E-state index < -0.39 is 0 Å². The molecule has 33 heavy (non-hydrogen) atoms. The minimum atomic E-state index is 0.670. The summed E-state index contributed by atoms with van der Waals surface area (Å²) < 4.78 is 0. The average molecular weight is 432 g/mol. The molecular formula is C28H25N5. The van der Waals surface area contributed by atoms with Gasteiger partial charge in [-0.05, 0) is 71.8 Å². The van der Waals surface area contributed by atoms with Gasteiger partial charge in [0.05, 0.1) is 5.52 Å². The third-order valence-electron chi connectivity index (χ3n) is 5.79. The summed E-state index contributed by atoms with van der Waals surface area (Å²) in [6, 6.07) is 23.2. The van der Waals surface area contributed by atoms with Crippen LogP contribution in [-0.4, -0.2) is 27.0 Å². The molecule has 0 spiro atoms. The molecule has 5 heteroatoms. The van der Waals surface area contributed by atoms with Gasteiger partial charge in [0, 0.05) is 42.8 Å². The SMILES string of the molecule is CNc1nc(-c2cccnc2)nc2ccc(-c3ccc(CCCc4cccnc4)cc3)cc12. The fraction of sp³-hybridized carbons (Fsp3) is 0.143. The molecule has 0 fully saturated rings. The number of fused-ring (bicyclic) bond motifs is 1. The molecule has 0 bridgehead atoms. The third kappa shape index (κ3) is 4.72. The van der Waals surface area contributed by atoms with Crippen molar-refractivity contribution in [1.82, 2.24) is 19.9 Å². The van der Waals surface area contributed by atoms with E-state index >= 15 is 0 Å². The Bertz CT molecular complexity index is 1350. The van der Waals surface area contributed by atoms with Gasteiger partial charge in [-0.2, -0.15) is 0 Å². The number of benzene rings is 2. The summed E-state index contributed by atoms with van der Waals surface area (Å²) in [5.41, 5.74) is 6.79. The van der Waals surface area contributed by atoms with E-state index in [9.17, 15) is 0 Å². The molecule has 0 unspecified atom stereocenters. The van der Waals surface area contributed by atoms with Gasteiger partial charge in [-0.15, -0.1) is 0 Å². The largest absolute Gasteiger partial charge is 0.373 e. The van der Waals surface area contributed by atoms with Crippen molar-refractivity contribution >= 4 is 16.7 Å². The van der Waals surface area contributed by atoms with E-state index in [0.29, 0.717) is 5.82 Å². The van der Waals surface area contributed by atoms with E-state index in [2.05, 4.69) is 63.8 Å². The van der Waals surface area contributed by atoms with Crippen LogP contribution in [0.2, 0.25) is 0 Å². The fourth-order valence-corrected chi connectivity index (χ4v) is 4.03. The lowest BCUT2D eigenvalue weighted by molar-refractivity contribution is 0.817. The lowest BCUT2D eigenvalue weighted by Crippen LogP contribution is -1.99. The second kappa shape index (κ2) is 9.57. The topological polar surface area (TPSA) is 63.6 Å². The summed E-state index contributed by atoms with van der Waals surface area (Å²) in [5.74, 6) is 1.48. The number of anilines is 1. The highest BCUT2D eigenvalue weighted by Gasteiger charge is 2.10. The summed E-state index contributed by atoms with van der Waals surface area (Å²) in [7, 11) is 1.89. The number of rotatable bonds is 7.